The van der Waals surface area contributed by atoms with E-state index >= 15 is 0 Å². The Hall–Kier alpha value is -1.57. The lowest BCUT2D eigenvalue weighted by molar-refractivity contribution is 1.21. The molecule has 7 heteroatoms. The molecule has 0 radical (unpaired) electrons. The van der Waals surface area contributed by atoms with Crippen molar-refractivity contribution in [3.8, 4) is 0 Å². The van der Waals surface area contributed by atoms with E-state index in [0.717, 1.165) is 9.79 Å². The molecule has 0 aromatic carbocycles. The largest absolute Gasteiger partial charge is 0.388 e. The Kier molecular flexibility index (Phi) is 4.41. The van der Waals surface area contributed by atoms with E-state index in [4.69, 9.17) is 35.9 Å². The molecule has 2 heterocycles. The second-order valence-electron chi connectivity index (χ2n) is 3.58. The molecule has 0 fully saturated rings. The molecule has 0 unspecified atom stereocenters. The van der Waals surface area contributed by atoms with Crippen molar-refractivity contribution in [3.63, 3.8) is 0 Å². The minimum atomic E-state index is 0.279. The van der Waals surface area contributed by atoms with Crippen LogP contribution >= 0.6 is 36.2 Å². The summed E-state index contributed by atoms with van der Waals surface area (Å²) in [6.45, 7) is 0. The van der Waals surface area contributed by atoms with E-state index in [1.54, 1.807) is 24.2 Å². The molecule has 2 aromatic rings. The summed E-state index contributed by atoms with van der Waals surface area (Å²) in [6.07, 6.45) is 3.35. The van der Waals surface area contributed by atoms with Gasteiger partial charge in [-0.05, 0) is 24.3 Å². The Morgan fingerprint density at radius 2 is 1.32 bits per heavy atom. The number of thiocarbonyl (C=S) groups is 2. The minimum Gasteiger partial charge on any atom is -0.388 e. The van der Waals surface area contributed by atoms with Crippen LogP contribution in [0.5, 0.6) is 0 Å². The highest BCUT2D eigenvalue weighted by Crippen LogP contribution is 2.27. The number of pyridine rings is 2. The quantitative estimate of drug-likeness (QED) is 0.835. The fraction of sp³-hybridized carbons (Fsp3) is 0. The Morgan fingerprint density at radius 3 is 1.68 bits per heavy atom. The van der Waals surface area contributed by atoms with E-state index in [1.165, 1.54) is 0 Å². The zero-order chi connectivity index (χ0) is 13.8. The molecule has 4 nitrogen and oxygen atoms in total. The Balaban J connectivity index is 2.26. The third kappa shape index (κ3) is 3.69. The maximum atomic E-state index is 5.56. The molecule has 2 aromatic heterocycles. The SMILES string of the molecule is NC(=S)c1cc(Sc2ccnc(C(N)=S)c2)ccn1. The predicted octanol–water partition coefficient (Wildman–Crippen LogP) is 1.90. The lowest BCUT2D eigenvalue weighted by Crippen LogP contribution is -2.11. The summed E-state index contributed by atoms with van der Waals surface area (Å²) >= 11 is 11.3. The van der Waals surface area contributed by atoms with Crippen LogP contribution < -0.4 is 11.5 Å². The van der Waals surface area contributed by atoms with Gasteiger partial charge >= 0.3 is 0 Å². The highest BCUT2D eigenvalue weighted by molar-refractivity contribution is 7.99. The second-order valence-corrected chi connectivity index (χ2v) is 5.61. The average Bonchev–Trinajstić information content (AvgIpc) is 2.39. The first kappa shape index (κ1) is 13.9. The summed E-state index contributed by atoms with van der Waals surface area (Å²) in [4.78, 5) is 10.7. The van der Waals surface area contributed by atoms with Gasteiger partial charge in [0, 0.05) is 22.2 Å². The number of rotatable bonds is 4. The summed E-state index contributed by atoms with van der Waals surface area (Å²) in [5.41, 5.74) is 12.3. The molecular weight excluding hydrogens is 296 g/mol. The van der Waals surface area contributed by atoms with Gasteiger partial charge in [-0.15, -0.1) is 0 Å². The maximum Gasteiger partial charge on any atom is 0.122 e. The van der Waals surface area contributed by atoms with Crippen LogP contribution in [-0.4, -0.2) is 19.9 Å². The van der Waals surface area contributed by atoms with Crippen molar-refractivity contribution in [1.82, 2.24) is 9.97 Å². The Bertz CT molecular complexity index is 587. The molecule has 96 valence electrons. The van der Waals surface area contributed by atoms with Crippen LogP contribution in [0.1, 0.15) is 11.4 Å². The number of aromatic nitrogens is 2. The van der Waals surface area contributed by atoms with Gasteiger partial charge in [0.2, 0.25) is 0 Å². The fourth-order valence-electron chi connectivity index (χ4n) is 1.35. The lowest BCUT2D eigenvalue weighted by atomic mass is 10.3. The van der Waals surface area contributed by atoms with E-state index < -0.39 is 0 Å². The monoisotopic (exact) mass is 306 g/mol. The number of hydrogen-bond acceptors (Lipinski definition) is 5. The van der Waals surface area contributed by atoms with Gasteiger partial charge in [0.25, 0.3) is 0 Å². The molecule has 19 heavy (non-hydrogen) atoms. The minimum absolute atomic E-state index is 0.279. The molecule has 0 aliphatic carbocycles. The molecule has 0 saturated carbocycles. The highest BCUT2D eigenvalue weighted by Gasteiger charge is 2.04. The van der Waals surface area contributed by atoms with Gasteiger partial charge in [-0.25, -0.2) is 0 Å². The summed E-state index contributed by atoms with van der Waals surface area (Å²) < 4.78 is 0. The van der Waals surface area contributed by atoms with Crippen LogP contribution in [0.3, 0.4) is 0 Å². The van der Waals surface area contributed by atoms with Crippen LogP contribution in [0.15, 0.2) is 46.5 Å². The average molecular weight is 306 g/mol. The van der Waals surface area contributed by atoms with Crippen LogP contribution in [-0.2, 0) is 0 Å². The second kappa shape index (κ2) is 6.05. The van der Waals surface area contributed by atoms with Crippen molar-refractivity contribution in [1.29, 1.82) is 0 Å². The molecule has 0 aliphatic rings. The van der Waals surface area contributed by atoms with Crippen molar-refractivity contribution in [2.75, 3.05) is 0 Å². The topological polar surface area (TPSA) is 77.8 Å². The van der Waals surface area contributed by atoms with Gasteiger partial charge in [0.15, 0.2) is 0 Å². The Labute approximate surface area is 125 Å². The normalized spacial score (nSPS) is 10.1. The summed E-state index contributed by atoms with van der Waals surface area (Å²) in [6, 6.07) is 7.45. The first-order valence-electron chi connectivity index (χ1n) is 5.26. The lowest BCUT2D eigenvalue weighted by Gasteiger charge is -2.05. The summed E-state index contributed by atoms with van der Waals surface area (Å²) in [5, 5.41) is 0. The molecule has 0 saturated heterocycles. The van der Waals surface area contributed by atoms with Crippen molar-refractivity contribution >= 4 is 46.2 Å². The third-order valence-corrected chi connectivity index (χ3v) is 3.60. The van der Waals surface area contributed by atoms with Gasteiger partial charge in [-0.3, -0.25) is 9.97 Å². The van der Waals surface area contributed by atoms with E-state index in [1.807, 2.05) is 24.3 Å². The standard InChI is InChI=1S/C12H10N4S3/c13-11(17)9-5-7(1-3-15-9)19-8-2-4-16-10(6-8)12(14)18/h1-6H,(H2,13,17)(H2,14,18). The predicted molar refractivity (Wildman–Crippen MR) is 84.4 cm³/mol. The van der Waals surface area contributed by atoms with Gasteiger partial charge in [-0.1, -0.05) is 36.2 Å². The van der Waals surface area contributed by atoms with Gasteiger partial charge in [-0.2, -0.15) is 0 Å². The first-order valence-corrected chi connectivity index (χ1v) is 6.89. The highest BCUT2D eigenvalue weighted by atomic mass is 32.2. The van der Waals surface area contributed by atoms with Gasteiger partial charge in [0.05, 0.1) is 11.4 Å². The zero-order valence-electron chi connectivity index (χ0n) is 9.74. The molecule has 0 spiro atoms. The number of nitrogens with two attached hydrogens (primary N) is 2. The van der Waals surface area contributed by atoms with E-state index in [2.05, 4.69) is 9.97 Å². The first-order chi connectivity index (χ1) is 9.06. The molecule has 2 rings (SSSR count). The van der Waals surface area contributed by atoms with Crippen molar-refractivity contribution < 1.29 is 0 Å². The smallest absolute Gasteiger partial charge is 0.122 e. The maximum absolute atomic E-state index is 5.56. The molecule has 0 amide bonds. The summed E-state index contributed by atoms with van der Waals surface area (Å²) in [7, 11) is 0. The van der Waals surface area contributed by atoms with Crippen LogP contribution in [0.4, 0.5) is 0 Å². The van der Waals surface area contributed by atoms with Crippen molar-refractivity contribution in [2.45, 2.75) is 9.79 Å². The van der Waals surface area contributed by atoms with Crippen LogP contribution in [0.25, 0.3) is 0 Å². The van der Waals surface area contributed by atoms with Gasteiger partial charge < -0.3 is 11.5 Å². The van der Waals surface area contributed by atoms with Crippen molar-refractivity contribution in [3.05, 3.63) is 48.0 Å². The zero-order valence-corrected chi connectivity index (χ0v) is 12.2. The molecular formula is C12H10N4S3. The molecule has 0 atom stereocenters. The van der Waals surface area contributed by atoms with Crippen molar-refractivity contribution in [2.24, 2.45) is 11.5 Å². The fourth-order valence-corrected chi connectivity index (χ4v) is 2.45. The van der Waals surface area contributed by atoms with Crippen LogP contribution in [0, 0.1) is 0 Å². The summed E-state index contributed by atoms with van der Waals surface area (Å²) in [5.74, 6) is 0. The molecule has 0 aliphatic heterocycles. The number of nitrogens with zero attached hydrogens (tertiary/aromatic N) is 2. The third-order valence-electron chi connectivity index (χ3n) is 2.20. The molecule has 4 N–H and O–H groups in total. The van der Waals surface area contributed by atoms with E-state index in [0.29, 0.717) is 11.4 Å². The van der Waals surface area contributed by atoms with Gasteiger partial charge in [0.1, 0.15) is 9.98 Å². The Morgan fingerprint density at radius 1 is 0.895 bits per heavy atom. The van der Waals surface area contributed by atoms with E-state index in [9.17, 15) is 0 Å². The number of hydrogen-bond donors (Lipinski definition) is 2. The van der Waals surface area contributed by atoms with E-state index in [-0.39, 0.29) is 9.98 Å². The van der Waals surface area contributed by atoms with Crippen LogP contribution in [0.2, 0.25) is 0 Å². The molecule has 0 bridgehead atoms.